The van der Waals surface area contributed by atoms with Crippen molar-refractivity contribution >= 4 is 22.2 Å². The standard InChI is InChI=1S/C45H49N5O2S/c1-30-13-22-45(42(33(30)4)21-20-41-19-16-39(28-49-41)44-12-8-6-10-37(44)26-47)50-53(51,52)29-34-23-31(2)32(3)35(24-34)14-17-40-18-15-38(27-48-40)43-11-7-5-9-36(43)25-46/h5-12,14-21,27-28,30-35,42,45,50H,13,22-24,29H2,1-4H3/t30-,31-,32+,33+,34?,35+,42-,45-/m0/s1. The molecule has 2 heterocycles. The lowest BCUT2D eigenvalue weighted by Crippen LogP contribution is -2.47. The summed E-state index contributed by atoms with van der Waals surface area (Å²) in [7, 11) is -3.53. The van der Waals surface area contributed by atoms with Gasteiger partial charge in [0, 0.05) is 40.7 Å². The second-order valence-corrected chi connectivity index (χ2v) is 17.1. The number of aromatic nitrogens is 2. The van der Waals surface area contributed by atoms with Gasteiger partial charge in [-0.1, -0.05) is 88.4 Å². The van der Waals surface area contributed by atoms with Crippen LogP contribution in [0.25, 0.3) is 34.4 Å². The fraction of sp³-hybridized carbons (Fsp3) is 0.378. The highest BCUT2D eigenvalue weighted by Gasteiger charge is 2.38. The molecule has 0 aliphatic heterocycles. The third kappa shape index (κ3) is 9.19. The van der Waals surface area contributed by atoms with Crippen molar-refractivity contribution in [2.75, 3.05) is 5.75 Å². The monoisotopic (exact) mass is 723 g/mol. The van der Waals surface area contributed by atoms with E-state index in [0.29, 0.717) is 34.8 Å². The Balaban J connectivity index is 1.10. The molecule has 2 aromatic carbocycles. The van der Waals surface area contributed by atoms with Crippen molar-refractivity contribution < 1.29 is 8.42 Å². The molecule has 0 amide bonds. The molecule has 2 aromatic heterocycles. The normalized spacial score (nSPS) is 26.3. The van der Waals surface area contributed by atoms with Crippen LogP contribution in [0.15, 0.2) is 97.3 Å². The Morgan fingerprint density at radius 1 is 0.717 bits per heavy atom. The summed E-state index contributed by atoms with van der Waals surface area (Å²) in [6.07, 6.45) is 15.5. The van der Waals surface area contributed by atoms with E-state index >= 15 is 0 Å². The highest BCUT2D eigenvalue weighted by Crippen LogP contribution is 2.40. The van der Waals surface area contributed by atoms with Crippen molar-refractivity contribution in [3.63, 3.8) is 0 Å². The summed E-state index contributed by atoms with van der Waals surface area (Å²) in [4.78, 5) is 9.31. The highest BCUT2D eigenvalue weighted by molar-refractivity contribution is 7.89. The number of hydrogen-bond donors (Lipinski definition) is 1. The Labute approximate surface area is 315 Å². The van der Waals surface area contributed by atoms with Gasteiger partial charge in [0.25, 0.3) is 0 Å². The van der Waals surface area contributed by atoms with Gasteiger partial charge in [-0.15, -0.1) is 0 Å². The van der Waals surface area contributed by atoms with E-state index in [-0.39, 0.29) is 29.5 Å². The minimum Gasteiger partial charge on any atom is -0.256 e. The topological polar surface area (TPSA) is 120 Å². The van der Waals surface area contributed by atoms with Crippen LogP contribution in [0.3, 0.4) is 0 Å². The van der Waals surface area contributed by atoms with E-state index in [0.717, 1.165) is 59.3 Å². The number of allylic oxidation sites excluding steroid dienone is 1. The van der Waals surface area contributed by atoms with Crippen molar-refractivity contribution in [2.45, 2.75) is 59.4 Å². The molecule has 7 nitrogen and oxygen atoms in total. The van der Waals surface area contributed by atoms with Gasteiger partial charge in [0.1, 0.15) is 0 Å². The largest absolute Gasteiger partial charge is 0.256 e. The number of nitrogens with one attached hydrogen (secondary N) is 1. The zero-order chi connectivity index (χ0) is 37.5. The lowest BCUT2D eigenvalue weighted by Gasteiger charge is -2.40. The minimum absolute atomic E-state index is 0.0440. The molecule has 2 saturated carbocycles. The number of nitriles is 2. The summed E-state index contributed by atoms with van der Waals surface area (Å²) >= 11 is 0. The lowest BCUT2D eigenvalue weighted by molar-refractivity contribution is 0.169. The van der Waals surface area contributed by atoms with Gasteiger partial charge in [0.15, 0.2) is 0 Å². The highest BCUT2D eigenvalue weighted by atomic mass is 32.2. The summed E-state index contributed by atoms with van der Waals surface area (Å²) in [6.45, 7) is 8.99. The molecule has 53 heavy (non-hydrogen) atoms. The van der Waals surface area contributed by atoms with Crippen LogP contribution in [-0.4, -0.2) is 30.2 Å². The van der Waals surface area contributed by atoms with Gasteiger partial charge in [-0.25, -0.2) is 13.1 Å². The molecule has 0 radical (unpaired) electrons. The van der Waals surface area contributed by atoms with Crippen molar-refractivity contribution in [3.8, 4) is 34.4 Å². The molecular formula is C45H49N5O2S. The van der Waals surface area contributed by atoms with E-state index in [1.54, 1.807) is 12.3 Å². The van der Waals surface area contributed by atoms with E-state index in [1.807, 2.05) is 79.0 Å². The van der Waals surface area contributed by atoms with Gasteiger partial charge in [0.2, 0.25) is 10.0 Å². The second kappa shape index (κ2) is 16.8. The molecule has 6 rings (SSSR count). The Bertz CT molecular complexity index is 2130. The van der Waals surface area contributed by atoms with Crippen LogP contribution in [0.4, 0.5) is 0 Å². The fourth-order valence-corrected chi connectivity index (χ4v) is 10.1. The molecule has 1 N–H and O–H groups in total. The van der Waals surface area contributed by atoms with Gasteiger partial charge >= 0.3 is 0 Å². The van der Waals surface area contributed by atoms with Crippen LogP contribution in [-0.2, 0) is 10.0 Å². The van der Waals surface area contributed by atoms with Crippen molar-refractivity contribution in [1.29, 1.82) is 10.5 Å². The molecule has 2 aliphatic rings. The molecule has 1 unspecified atom stereocenters. The summed E-state index contributed by atoms with van der Waals surface area (Å²) in [6, 6.07) is 27.3. The summed E-state index contributed by atoms with van der Waals surface area (Å²) in [5.74, 6) is 2.10. The van der Waals surface area contributed by atoms with Crippen LogP contribution < -0.4 is 4.72 Å². The van der Waals surface area contributed by atoms with E-state index in [1.165, 1.54) is 0 Å². The second-order valence-electron chi connectivity index (χ2n) is 15.3. The zero-order valence-corrected chi connectivity index (χ0v) is 31.9. The maximum atomic E-state index is 13.8. The molecule has 0 bridgehead atoms. The molecule has 8 atom stereocenters. The van der Waals surface area contributed by atoms with Gasteiger partial charge in [-0.2, -0.15) is 10.5 Å². The molecule has 2 aliphatic carbocycles. The Hall–Kier alpha value is -4.89. The minimum atomic E-state index is -3.53. The van der Waals surface area contributed by atoms with E-state index in [4.69, 9.17) is 0 Å². The Kier molecular flexibility index (Phi) is 12.0. The van der Waals surface area contributed by atoms with Crippen LogP contribution in [0, 0.1) is 64.1 Å². The molecule has 2 fully saturated rings. The number of nitrogens with zero attached hydrogens (tertiary/aromatic N) is 4. The average Bonchev–Trinajstić information content (AvgIpc) is 3.17. The summed E-state index contributed by atoms with van der Waals surface area (Å²) < 4.78 is 30.9. The van der Waals surface area contributed by atoms with E-state index in [9.17, 15) is 18.9 Å². The molecule has 8 heteroatoms. The number of pyridine rings is 2. The average molecular weight is 724 g/mol. The molecule has 272 valence electrons. The Morgan fingerprint density at radius 3 is 1.83 bits per heavy atom. The smallest absolute Gasteiger partial charge is 0.212 e. The summed E-state index contributed by atoms with van der Waals surface area (Å²) in [5.41, 5.74) is 6.39. The summed E-state index contributed by atoms with van der Waals surface area (Å²) in [5, 5.41) is 19.0. The van der Waals surface area contributed by atoms with Gasteiger partial charge < -0.3 is 0 Å². The molecule has 4 aromatic rings. The SMILES string of the molecule is C[C@H]1[C@H](C=Cc2ccc(-c3ccccc3C#N)cn2)[C@@H](NS(=O)(=O)CC2C[C@@H](C=Cc3ccc(-c4ccccc4C#N)cn3)[C@H](C)[C@@H](C)C2)CC[C@@H]1C. The maximum absolute atomic E-state index is 13.8. The molecular weight excluding hydrogens is 675 g/mol. The van der Waals surface area contributed by atoms with Crippen molar-refractivity contribution in [3.05, 3.63) is 120 Å². The first-order valence-electron chi connectivity index (χ1n) is 18.8. The first-order chi connectivity index (χ1) is 25.5. The number of benzene rings is 2. The van der Waals surface area contributed by atoms with Gasteiger partial charge in [0.05, 0.1) is 40.4 Å². The van der Waals surface area contributed by atoms with Crippen molar-refractivity contribution in [1.82, 2.24) is 14.7 Å². The first-order valence-corrected chi connectivity index (χ1v) is 20.5. The van der Waals surface area contributed by atoms with Gasteiger partial charge in [-0.05, 0) is 104 Å². The fourth-order valence-electron chi connectivity index (χ4n) is 8.35. The third-order valence-corrected chi connectivity index (χ3v) is 13.4. The number of hydrogen-bond acceptors (Lipinski definition) is 6. The van der Waals surface area contributed by atoms with Crippen molar-refractivity contribution in [2.24, 2.45) is 41.4 Å². The molecule has 0 saturated heterocycles. The lowest BCUT2D eigenvalue weighted by atomic mass is 9.69. The maximum Gasteiger partial charge on any atom is 0.212 e. The first kappa shape index (κ1) is 37.9. The van der Waals surface area contributed by atoms with Crippen LogP contribution in [0.5, 0.6) is 0 Å². The predicted molar refractivity (Wildman–Crippen MR) is 213 cm³/mol. The van der Waals surface area contributed by atoms with Crippen LogP contribution in [0.1, 0.15) is 75.9 Å². The van der Waals surface area contributed by atoms with Crippen LogP contribution >= 0.6 is 0 Å². The van der Waals surface area contributed by atoms with Crippen LogP contribution in [0.2, 0.25) is 0 Å². The Morgan fingerprint density at radius 2 is 1.28 bits per heavy atom. The number of sulfonamides is 1. The predicted octanol–water partition coefficient (Wildman–Crippen LogP) is 9.55. The van der Waals surface area contributed by atoms with E-state index < -0.39 is 10.0 Å². The quantitative estimate of drug-likeness (QED) is 0.174. The van der Waals surface area contributed by atoms with E-state index in [2.05, 4.69) is 72.8 Å². The van der Waals surface area contributed by atoms with Gasteiger partial charge in [-0.3, -0.25) is 9.97 Å². The molecule has 0 spiro atoms. The third-order valence-electron chi connectivity index (χ3n) is 11.9. The number of rotatable bonds is 10. The zero-order valence-electron chi connectivity index (χ0n) is 31.1.